The Morgan fingerprint density at radius 3 is 2.52 bits per heavy atom. The number of rotatable bonds is 5. The standard InChI is InChI=1S/C19H19F3N4O3S2/c1-13(25-7-9-26(10-8-25)31(27,28)16-6-3-11-30-16)18-23-17(24-29-18)14-4-2-5-15(12-14)19(20,21)22/h2-6,11-13H,7-10H2,1H3. The van der Waals surface area contributed by atoms with Gasteiger partial charge in [-0.05, 0) is 30.5 Å². The van der Waals surface area contributed by atoms with Gasteiger partial charge in [0.25, 0.3) is 10.0 Å². The second-order valence-electron chi connectivity index (χ2n) is 7.08. The molecule has 166 valence electrons. The van der Waals surface area contributed by atoms with Crippen LogP contribution in [-0.2, 0) is 16.2 Å². The van der Waals surface area contributed by atoms with E-state index >= 15 is 0 Å². The first kappa shape index (κ1) is 21.9. The van der Waals surface area contributed by atoms with Crippen molar-refractivity contribution in [3.05, 3.63) is 53.2 Å². The molecule has 2 aromatic heterocycles. The molecule has 1 aromatic carbocycles. The Balaban J connectivity index is 1.44. The van der Waals surface area contributed by atoms with E-state index < -0.39 is 21.8 Å². The fraction of sp³-hybridized carbons (Fsp3) is 0.368. The van der Waals surface area contributed by atoms with Crippen molar-refractivity contribution in [2.75, 3.05) is 26.2 Å². The van der Waals surface area contributed by atoms with Gasteiger partial charge in [0, 0.05) is 31.7 Å². The normalized spacial score (nSPS) is 17.7. The van der Waals surface area contributed by atoms with Crippen molar-refractivity contribution >= 4 is 21.4 Å². The molecule has 1 saturated heterocycles. The van der Waals surface area contributed by atoms with Crippen LogP contribution in [0.2, 0.25) is 0 Å². The Morgan fingerprint density at radius 1 is 1.13 bits per heavy atom. The van der Waals surface area contributed by atoms with Crippen LogP contribution >= 0.6 is 11.3 Å². The maximum Gasteiger partial charge on any atom is 0.416 e. The first-order valence-electron chi connectivity index (χ1n) is 9.45. The first-order valence-corrected chi connectivity index (χ1v) is 11.8. The highest BCUT2D eigenvalue weighted by Crippen LogP contribution is 2.32. The average Bonchev–Trinajstić information content (AvgIpc) is 3.45. The van der Waals surface area contributed by atoms with Crippen LogP contribution < -0.4 is 0 Å². The van der Waals surface area contributed by atoms with E-state index in [1.807, 2.05) is 11.8 Å². The molecule has 3 heterocycles. The molecule has 1 aliphatic rings. The molecule has 0 amide bonds. The summed E-state index contributed by atoms with van der Waals surface area (Å²) in [7, 11) is -3.50. The van der Waals surface area contributed by atoms with Gasteiger partial charge in [0.2, 0.25) is 11.7 Å². The number of nitrogens with zero attached hydrogens (tertiary/aromatic N) is 4. The highest BCUT2D eigenvalue weighted by molar-refractivity contribution is 7.91. The molecular weight excluding hydrogens is 453 g/mol. The molecule has 1 unspecified atom stereocenters. The van der Waals surface area contributed by atoms with Gasteiger partial charge in [-0.25, -0.2) is 8.42 Å². The Morgan fingerprint density at radius 2 is 1.87 bits per heavy atom. The second kappa shape index (κ2) is 8.34. The summed E-state index contributed by atoms with van der Waals surface area (Å²) in [6.45, 7) is 3.41. The lowest BCUT2D eigenvalue weighted by molar-refractivity contribution is -0.137. The quantitative estimate of drug-likeness (QED) is 0.561. The van der Waals surface area contributed by atoms with E-state index in [-0.39, 0.29) is 23.3 Å². The summed E-state index contributed by atoms with van der Waals surface area (Å²) in [6, 6.07) is 7.73. The number of benzene rings is 1. The van der Waals surface area contributed by atoms with Gasteiger partial charge in [0.1, 0.15) is 4.21 Å². The smallest absolute Gasteiger partial charge is 0.337 e. The monoisotopic (exact) mass is 472 g/mol. The number of piperazine rings is 1. The molecule has 31 heavy (non-hydrogen) atoms. The van der Waals surface area contributed by atoms with Crippen molar-refractivity contribution in [1.29, 1.82) is 0 Å². The summed E-state index contributed by atoms with van der Waals surface area (Å²) in [4.78, 5) is 6.27. The van der Waals surface area contributed by atoms with Gasteiger partial charge in [-0.15, -0.1) is 11.3 Å². The van der Waals surface area contributed by atoms with Gasteiger partial charge in [-0.1, -0.05) is 23.4 Å². The summed E-state index contributed by atoms with van der Waals surface area (Å²) in [5, 5.41) is 5.55. The fourth-order valence-corrected chi connectivity index (χ4v) is 5.95. The van der Waals surface area contributed by atoms with Crippen molar-refractivity contribution in [1.82, 2.24) is 19.3 Å². The van der Waals surface area contributed by atoms with Crippen LogP contribution in [0.5, 0.6) is 0 Å². The van der Waals surface area contributed by atoms with Gasteiger partial charge < -0.3 is 4.52 Å². The lowest BCUT2D eigenvalue weighted by atomic mass is 10.1. The van der Waals surface area contributed by atoms with Crippen LogP contribution in [0.25, 0.3) is 11.4 Å². The largest absolute Gasteiger partial charge is 0.416 e. The first-order chi connectivity index (χ1) is 14.7. The van der Waals surface area contributed by atoms with E-state index in [0.717, 1.165) is 12.1 Å². The summed E-state index contributed by atoms with van der Waals surface area (Å²) in [5.41, 5.74) is -0.573. The third-order valence-corrected chi connectivity index (χ3v) is 8.43. The van der Waals surface area contributed by atoms with Crippen molar-refractivity contribution in [2.45, 2.75) is 23.4 Å². The van der Waals surface area contributed by atoms with E-state index in [9.17, 15) is 21.6 Å². The zero-order chi connectivity index (χ0) is 22.2. The molecule has 0 spiro atoms. The number of halogens is 3. The topological polar surface area (TPSA) is 79.5 Å². The Labute approximate surface area is 181 Å². The molecule has 0 aliphatic carbocycles. The molecule has 12 heteroatoms. The molecule has 0 bridgehead atoms. The molecule has 4 rings (SSSR count). The van der Waals surface area contributed by atoms with Crippen molar-refractivity contribution in [3.8, 4) is 11.4 Å². The number of aromatic nitrogens is 2. The Bertz CT molecular complexity index is 1140. The maximum atomic E-state index is 12.9. The van der Waals surface area contributed by atoms with E-state index in [1.165, 1.54) is 27.8 Å². The molecule has 0 N–H and O–H groups in total. The van der Waals surface area contributed by atoms with E-state index in [1.54, 1.807) is 17.5 Å². The number of alkyl halides is 3. The maximum absolute atomic E-state index is 12.9. The molecule has 0 saturated carbocycles. The SMILES string of the molecule is CC(c1nc(-c2cccc(C(F)(F)F)c2)no1)N1CCN(S(=O)(=O)c2cccs2)CC1. The number of sulfonamides is 1. The highest BCUT2D eigenvalue weighted by Gasteiger charge is 2.33. The van der Waals surface area contributed by atoms with Gasteiger partial charge in [-0.3, -0.25) is 4.90 Å². The minimum Gasteiger partial charge on any atom is -0.337 e. The molecule has 1 fully saturated rings. The van der Waals surface area contributed by atoms with Crippen molar-refractivity contribution in [2.24, 2.45) is 0 Å². The zero-order valence-corrected chi connectivity index (χ0v) is 18.0. The zero-order valence-electron chi connectivity index (χ0n) is 16.4. The third-order valence-electron chi connectivity index (χ3n) is 5.16. The minimum absolute atomic E-state index is 0.0758. The van der Waals surface area contributed by atoms with Crippen LogP contribution in [0.4, 0.5) is 13.2 Å². The average molecular weight is 473 g/mol. The van der Waals surface area contributed by atoms with Gasteiger partial charge in [0.15, 0.2) is 0 Å². The van der Waals surface area contributed by atoms with Crippen molar-refractivity contribution in [3.63, 3.8) is 0 Å². The minimum atomic E-state index is -4.46. The number of hydrogen-bond donors (Lipinski definition) is 0. The van der Waals surface area contributed by atoms with Crippen LogP contribution in [0.1, 0.15) is 24.4 Å². The Hall–Kier alpha value is -2.28. The summed E-state index contributed by atoms with van der Waals surface area (Å²) in [5.74, 6) is 0.342. The predicted molar refractivity (Wildman–Crippen MR) is 108 cm³/mol. The lowest BCUT2D eigenvalue weighted by Crippen LogP contribution is -2.49. The van der Waals surface area contributed by atoms with E-state index in [0.29, 0.717) is 30.4 Å². The number of hydrogen-bond acceptors (Lipinski definition) is 7. The van der Waals surface area contributed by atoms with Crippen molar-refractivity contribution < 1.29 is 26.1 Å². The third kappa shape index (κ3) is 4.52. The van der Waals surface area contributed by atoms with Crippen LogP contribution in [0.3, 0.4) is 0 Å². The molecule has 1 aliphatic heterocycles. The highest BCUT2D eigenvalue weighted by atomic mass is 32.2. The van der Waals surface area contributed by atoms with E-state index in [4.69, 9.17) is 4.52 Å². The molecule has 3 aromatic rings. The second-order valence-corrected chi connectivity index (χ2v) is 10.2. The van der Waals surface area contributed by atoms with Gasteiger partial charge in [-0.2, -0.15) is 22.5 Å². The van der Waals surface area contributed by atoms with Crippen LogP contribution in [0.15, 0.2) is 50.5 Å². The Kier molecular flexibility index (Phi) is 5.90. The predicted octanol–water partition coefficient (Wildman–Crippen LogP) is 3.88. The lowest BCUT2D eigenvalue weighted by Gasteiger charge is -2.35. The van der Waals surface area contributed by atoms with Crippen LogP contribution in [0, 0.1) is 0 Å². The molecule has 0 radical (unpaired) electrons. The fourth-order valence-electron chi connectivity index (χ4n) is 3.38. The van der Waals surface area contributed by atoms with Gasteiger partial charge in [0.05, 0.1) is 11.6 Å². The van der Waals surface area contributed by atoms with Gasteiger partial charge >= 0.3 is 6.18 Å². The van der Waals surface area contributed by atoms with E-state index in [2.05, 4.69) is 10.1 Å². The summed E-state index contributed by atoms with van der Waals surface area (Å²) < 4.78 is 71.2. The summed E-state index contributed by atoms with van der Waals surface area (Å²) >= 11 is 1.18. The number of thiophene rings is 1. The van der Waals surface area contributed by atoms with Crippen LogP contribution in [-0.4, -0.2) is 53.9 Å². The molecular formula is C19H19F3N4O3S2. The molecule has 1 atom stereocenters. The summed E-state index contributed by atoms with van der Waals surface area (Å²) in [6.07, 6.45) is -4.46. The molecule has 7 nitrogen and oxygen atoms in total.